The summed E-state index contributed by atoms with van der Waals surface area (Å²) >= 11 is 5.98. The SMILES string of the molecule is Cc1ccccc1Oc1ccc(N2C(=S)N[C@@H](c3ccccn3)[C@@H]2c2cc(C)n(-c3ccc4c(c3)OCO4)c2C)cc1. The molecule has 1 saturated heterocycles. The summed E-state index contributed by atoms with van der Waals surface area (Å²) in [6.45, 7) is 6.56. The molecule has 0 saturated carbocycles. The number of thiocarbonyl (C=S) groups is 1. The number of pyridine rings is 1. The number of fused-ring (bicyclic) bond motifs is 1. The van der Waals surface area contributed by atoms with Crippen LogP contribution in [0.25, 0.3) is 5.69 Å². The van der Waals surface area contributed by atoms with Gasteiger partial charge in [0.2, 0.25) is 6.79 Å². The Kier molecular flexibility index (Phi) is 6.55. The van der Waals surface area contributed by atoms with E-state index in [9.17, 15) is 0 Å². The van der Waals surface area contributed by atoms with Gasteiger partial charge in [0.05, 0.1) is 17.8 Å². The second kappa shape index (κ2) is 10.5. The zero-order valence-corrected chi connectivity index (χ0v) is 24.4. The van der Waals surface area contributed by atoms with Crippen LogP contribution in [0.4, 0.5) is 5.69 Å². The van der Waals surface area contributed by atoms with Crippen molar-refractivity contribution in [3.63, 3.8) is 0 Å². The molecule has 2 aliphatic heterocycles. The highest BCUT2D eigenvalue weighted by atomic mass is 32.1. The number of anilines is 1. The van der Waals surface area contributed by atoms with Crippen molar-refractivity contribution < 1.29 is 14.2 Å². The summed E-state index contributed by atoms with van der Waals surface area (Å²) in [5.41, 5.74) is 7.40. The van der Waals surface area contributed by atoms with Crippen LogP contribution in [0.2, 0.25) is 0 Å². The Morgan fingerprint density at radius 2 is 1.62 bits per heavy atom. The summed E-state index contributed by atoms with van der Waals surface area (Å²) in [6.07, 6.45) is 1.83. The molecule has 0 radical (unpaired) electrons. The number of benzene rings is 3. The molecule has 3 aromatic carbocycles. The topological polar surface area (TPSA) is 60.8 Å². The standard InChI is InChI=1S/C34H30N4O3S/c1-21-8-4-5-10-29(21)41-26-14-11-24(12-15-26)38-33(32(36-34(38)42)28-9-6-7-17-35-28)27-18-22(2)37(23(27)3)25-13-16-30-31(19-25)40-20-39-30/h4-19,32-33H,20H2,1-3H3,(H,36,42)/t32-,33-/m0/s1. The van der Waals surface area contributed by atoms with Gasteiger partial charge >= 0.3 is 0 Å². The minimum absolute atomic E-state index is 0.135. The lowest BCUT2D eigenvalue weighted by Gasteiger charge is -2.28. The van der Waals surface area contributed by atoms with Crippen molar-refractivity contribution in [2.75, 3.05) is 11.7 Å². The lowest BCUT2D eigenvalue weighted by atomic mass is 9.96. The van der Waals surface area contributed by atoms with E-state index in [1.54, 1.807) is 0 Å². The molecule has 0 aliphatic carbocycles. The van der Waals surface area contributed by atoms with Gasteiger partial charge in [-0.1, -0.05) is 24.3 Å². The molecule has 5 aromatic rings. The number of rotatable bonds is 6. The zero-order chi connectivity index (χ0) is 28.8. The number of aryl methyl sites for hydroxylation is 2. The molecule has 7 nitrogen and oxygen atoms in total. The number of hydrogen-bond donors (Lipinski definition) is 1. The van der Waals surface area contributed by atoms with Gasteiger partial charge in [0.15, 0.2) is 16.6 Å². The summed E-state index contributed by atoms with van der Waals surface area (Å²) in [6, 6.07) is 30.1. The average molecular weight is 575 g/mol. The fourth-order valence-electron chi connectivity index (χ4n) is 5.93. The first kappa shape index (κ1) is 26.1. The third-order valence-corrected chi connectivity index (χ3v) is 8.25. The van der Waals surface area contributed by atoms with E-state index in [4.69, 9.17) is 31.4 Å². The van der Waals surface area contributed by atoms with Gasteiger partial charge in [0, 0.05) is 35.0 Å². The van der Waals surface area contributed by atoms with Crippen molar-refractivity contribution in [3.05, 3.63) is 125 Å². The molecule has 1 fully saturated rings. The van der Waals surface area contributed by atoms with Crippen molar-refractivity contribution in [3.8, 4) is 28.7 Å². The Balaban J connectivity index is 1.29. The van der Waals surface area contributed by atoms with E-state index in [0.717, 1.165) is 62.6 Å². The molecule has 42 heavy (non-hydrogen) atoms. The summed E-state index contributed by atoms with van der Waals surface area (Å²) in [5.74, 6) is 3.13. The van der Waals surface area contributed by atoms with Crippen molar-refractivity contribution >= 4 is 23.0 Å². The molecular formula is C34H30N4O3S. The first-order valence-corrected chi connectivity index (χ1v) is 14.3. The lowest BCUT2D eigenvalue weighted by Crippen LogP contribution is -2.29. The van der Waals surface area contributed by atoms with Crippen LogP contribution < -0.4 is 24.4 Å². The van der Waals surface area contributed by atoms with Gasteiger partial charge in [0.25, 0.3) is 0 Å². The summed E-state index contributed by atoms with van der Waals surface area (Å²) in [7, 11) is 0. The molecule has 8 heteroatoms. The predicted octanol–water partition coefficient (Wildman–Crippen LogP) is 7.50. The van der Waals surface area contributed by atoms with Gasteiger partial charge in [-0.2, -0.15) is 0 Å². The predicted molar refractivity (Wildman–Crippen MR) is 167 cm³/mol. The van der Waals surface area contributed by atoms with Crippen LogP contribution in [0, 0.1) is 20.8 Å². The zero-order valence-electron chi connectivity index (χ0n) is 23.6. The van der Waals surface area contributed by atoms with E-state index in [2.05, 4.69) is 52.9 Å². The highest BCUT2D eigenvalue weighted by Crippen LogP contribution is 2.44. The molecule has 2 aliphatic rings. The van der Waals surface area contributed by atoms with E-state index >= 15 is 0 Å². The van der Waals surface area contributed by atoms with Crippen molar-refractivity contribution in [2.45, 2.75) is 32.9 Å². The molecule has 2 aromatic heterocycles. The van der Waals surface area contributed by atoms with Crippen LogP contribution in [0.5, 0.6) is 23.0 Å². The molecule has 0 spiro atoms. The third-order valence-electron chi connectivity index (χ3n) is 7.94. The van der Waals surface area contributed by atoms with E-state index < -0.39 is 0 Å². The van der Waals surface area contributed by atoms with Crippen LogP contribution >= 0.6 is 12.2 Å². The first-order valence-electron chi connectivity index (χ1n) is 13.9. The van der Waals surface area contributed by atoms with Crippen LogP contribution in [-0.2, 0) is 0 Å². The summed E-state index contributed by atoms with van der Waals surface area (Å²) in [5, 5.41) is 4.23. The van der Waals surface area contributed by atoms with E-state index in [1.165, 1.54) is 0 Å². The maximum absolute atomic E-state index is 6.17. The molecule has 4 heterocycles. The molecular weight excluding hydrogens is 544 g/mol. The minimum atomic E-state index is -0.146. The Bertz CT molecular complexity index is 1790. The second-order valence-electron chi connectivity index (χ2n) is 10.6. The normalized spacial score (nSPS) is 17.4. The number of para-hydroxylation sites is 1. The van der Waals surface area contributed by atoms with Gasteiger partial charge in [-0.25, -0.2) is 0 Å². The lowest BCUT2D eigenvalue weighted by molar-refractivity contribution is 0.174. The van der Waals surface area contributed by atoms with Crippen molar-refractivity contribution in [1.29, 1.82) is 0 Å². The monoisotopic (exact) mass is 574 g/mol. The van der Waals surface area contributed by atoms with E-state index in [1.807, 2.05) is 79.9 Å². The van der Waals surface area contributed by atoms with Gasteiger partial charge in [-0.15, -0.1) is 0 Å². The van der Waals surface area contributed by atoms with E-state index in [-0.39, 0.29) is 18.9 Å². The highest BCUT2D eigenvalue weighted by Gasteiger charge is 2.42. The van der Waals surface area contributed by atoms with Crippen LogP contribution in [-0.4, -0.2) is 21.5 Å². The number of aromatic nitrogens is 2. The number of nitrogens with zero attached hydrogens (tertiary/aromatic N) is 3. The summed E-state index contributed by atoms with van der Waals surface area (Å²) < 4.78 is 19.7. The molecule has 7 rings (SSSR count). The number of ether oxygens (including phenoxy) is 3. The quantitative estimate of drug-likeness (QED) is 0.211. The van der Waals surface area contributed by atoms with Gasteiger partial charge < -0.3 is 29.0 Å². The molecule has 2 atom stereocenters. The first-order chi connectivity index (χ1) is 20.5. The largest absolute Gasteiger partial charge is 0.457 e. The van der Waals surface area contributed by atoms with Crippen LogP contribution in [0.1, 0.15) is 40.3 Å². The van der Waals surface area contributed by atoms with Crippen molar-refractivity contribution in [1.82, 2.24) is 14.9 Å². The minimum Gasteiger partial charge on any atom is -0.457 e. The Hall–Kier alpha value is -4.82. The Labute approximate surface area is 250 Å². The third kappa shape index (κ3) is 4.54. The molecule has 210 valence electrons. The molecule has 0 unspecified atom stereocenters. The second-order valence-corrected chi connectivity index (χ2v) is 10.9. The molecule has 1 N–H and O–H groups in total. The van der Waals surface area contributed by atoms with Gasteiger partial charge in [-0.3, -0.25) is 4.98 Å². The number of hydrogen-bond acceptors (Lipinski definition) is 5. The smallest absolute Gasteiger partial charge is 0.231 e. The Morgan fingerprint density at radius 1 is 0.857 bits per heavy atom. The maximum atomic E-state index is 6.17. The number of nitrogens with one attached hydrogen (secondary N) is 1. The van der Waals surface area contributed by atoms with Gasteiger partial charge in [-0.05, 0) is 105 Å². The van der Waals surface area contributed by atoms with Crippen LogP contribution in [0.3, 0.4) is 0 Å². The maximum Gasteiger partial charge on any atom is 0.231 e. The summed E-state index contributed by atoms with van der Waals surface area (Å²) in [4.78, 5) is 6.91. The fourth-order valence-corrected chi connectivity index (χ4v) is 6.28. The Morgan fingerprint density at radius 3 is 2.40 bits per heavy atom. The van der Waals surface area contributed by atoms with Crippen molar-refractivity contribution in [2.24, 2.45) is 0 Å². The average Bonchev–Trinajstić information content (AvgIpc) is 3.69. The molecule has 0 bridgehead atoms. The molecule has 0 amide bonds. The van der Waals surface area contributed by atoms with Gasteiger partial charge in [0.1, 0.15) is 11.5 Å². The van der Waals surface area contributed by atoms with E-state index in [0.29, 0.717) is 5.11 Å². The fraction of sp³-hybridized carbons (Fsp3) is 0.176. The highest BCUT2D eigenvalue weighted by molar-refractivity contribution is 7.80. The van der Waals surface area contributed by atoms with Crippen LogP contribution in [0.15, 0.2) is 97.2 Å².